The molecule has 2 bridgehead atoms. The molecule has 0 aliphatic carbocycles. The second kappa shape index (κ2) is 4.74. The Bertz CT molecular complexity index is 369. The van der Waals surface area contributed by atoms with Crippen molar-refractivity contribution in [1.29, 1.82) is 0 Å². The summed E-state index contributed by atoms with van der Waals surface area (Å²) in [6, 6.07) is 0. The van der Waals surface area contributed by atoms with Gasteiger partial charge in [-0.3, -0.25) is 4.79 Å². The zero-order valence-electron chi connectivity index (χ0n) is 11.9. The standard InChI is InChI=1S/C15H24O4/c1-4-9-12-11-6-8(7(3)15(16)17)14(19-11)13(12)10(5-2)18-9/h7-14H,4-6H2,1-3H3,(H,16,17). The average Bonchev–Trinajstić information content (AvgIpc) is 3.06. The minimum atomic E-state index is -0.697. The zero-order valence-corrected chi connectivity index (χ0v) is 11.9. The van der Waals surface area contributed by atoms with Gasteiger partial charge in [0.25, 0.3) is 0 Å². The van der Waals surface area contributed by atoms with Gasteiger partial charge in [-0.05, 0) is 19.3 Å². The monoisotopic (exact) mass is 268 g/mol. The van der Waals surface area contributed by atoms with Crippen LogP contribution in [-0.4, -0.2) is 35.5 Å². The van der Waals surface area contributed by atoms with Crippen LogP contribution in [0, 0.1) is 23.7 Å². The molecule has 4 nitrogen and oxygen atoms in total. The van der Waals surface area contributed by atoms with Gasteiger partial charge in [0.05, 0.1) is 30.3 Å². The molecule has 3 aliphatic rings. The molecule has 4 heteroatoms. The van der Waals surface area contributed by atoms with E-state index in [0.717, 1.165) is 19.3 Å². The molecule has 0 aromatic carbocycles. The first-order chi connectivity index (χ1) is 9.08. The summed E-state index contributed by atoms with van der Waals surface area (Å²) in [5.41, 5.74) is 0. The first-order valence-electron chi connectivity index (χ1n) is 7.62. The Labute approximate surface area is 114 Å². The van der Waals surface area contributed by atoms with Crippen LogP contribution >= 0.6 is 0 Å². The molecule has 0 aromatic rings. The molecule has 3 fully saturated rings. The maximum Gasteiger partial charge on any atom is 0.306 e. The van der Waals surface area contributed by atoms with Gasteiger partial charge >= 0.3 is 5.97 Å². The van der Waals surface area contributed by atoms with Crippen LogP contribution in [0.15, 0.2) is 0 Å². The summed E-state index contributed by atoms with van der Waals surface area (Å²) in [5.74, 6) is 0.0699. The lowest BCUT2D eigenvalue weighted by atomic mass is 9.67. The van der Waals surface area contributed by atoms with Crippen LogP contribution in [0.25, 0.3) is 0 Å². The number of carbonyl (C=O) groups is 1. The number of carboxylic acids is 1. The number of aliphatic carboxylic acids is 1. The quantitative estimate of drug-likeness (QED) is 0.850. The summed E-state index contributed by atoms with van der Waals surface area (Å²) in [6.07, 6.45) is 3.82. The minimum Gasteiger partial charge on any atom is -0.481 e. The smallest absolute Gasteiger partial charge is 0.306 e. The van der Waals surface area contributed by atoms with Crippen LogP contribution in [0.3, 0.4) is 0 Å². The topological polar surface area (TPSA) is 55.8 Å². The van der Waals surface area contributed by atoms with E-state index in [1.165, 1.54) is 0 Å². The molecular formula is C15H24O4. The van der Waals surface area contributed by atoms with E-state index in [1.807, 2.05) is 6.92 Å². The minimum absolute atomic E-state index is 0.0996. The highest BCUT2D eigenvalue weighted by Crippen LogP contribution is 2.56. The van der Waals surface area contributed by atoms with Gasteiger partial charge in [-0.15, -0.1) is 0 Å². The van der Waals surface area contributed by atoms with Crippen molar-refractivity contribution in [3.63, 3.8) is 0 Å². The highest BCUT2D eigenvalue weighted by Gasteiger charge is 2.63. The Kier molecular flexibility index (Phi) is 3.34. The largest absolute Gasteiger partial charge is 0.481 e. The Hall–Kier alpha value is -0.610. The molecule has 19 heavy (non-hydrogen) atoms. The van der Waals surface area contributed by atoms with E-state index in [0.29, 0.717) is 17.9 Å². The van der Waals surface area contributed by atoms with Gasteiger partial charge in [0, 0.05) is 17.8 Å². The number of ether oxygens (including phenoxy) is 2. The predicted octanol–water partition coefficient (Wildman–Crippen LogP) is 2.31. The van der Waals surface area contributed by atoms with Crippen molar-refractivity contribution < 1.29 is 19.4 Å². The SMILES string of the molecule is CCC1OC(CC)C2C3OC(CC3C(C)C(=O)O)C12. The van der Waals surface area contributed by atoms with E-state index >= 15 is 0 Å². The lowest BCUT2D eigenvalue weighted by Gasteiger charge is -2.32. The highest BCUT2D eigenvalue weighted by atomic mass is 16.5. The lowest BCUT2D eigenvalue weighted by molar-refractivity contribution is -0.144. The van der Waals surface area contributed by atoms with Crippen LogP contribution < -0.4 is 0 Å². The van der Waals surface area contributed by atoms with E-state index in [2.05, 4.69) is 13.8 Å². The molecular weight excluding hydrogens is 244 g/mol. The molecule has 3 saturated heterocycles. The molecule has 0 saturated carbocycles. The molecule has 0 amide bonds. The Morgan fingerprint density at radius 2 is 1.84 bits per heavy atom. The van der Waals surface area contributed by atoms with Crippen LogP contribution in [-0.2, 0) is 14.3 Å². The third-order valence-corrected chi connectivity index (χ3v) is 5.56. The fourth-order valence-electron chi connectivity index (χ4n) is 4.61. The Morgan fingerprint density at radius 3 is 2.42 bits per heavy atom. The number of hydrogen-bond donors (Lipinski definition) is 1. The third kappa shape index (κ3) is 1.83. The van der Waals surface area contributed by atoms with Gasteiger partial charge in [-0.2, -0.15) is 0 Å². The predicted molar refractivity (Wildman–Crippen MR) is 69.8 cm³/mol. The van der Waals surface area contributed by atoms with Crippen molar-refractivity contribution in [2.75, 3.05) is 0 Å². The highest BCUT2D eigenvalue weighted by molar-refractivity contribution is 5.70. The molecule has 8 unspecified atom stereocenters. The van der Waals surface area contributed by atoms with Gasteiger partial charge in [-0.25, -0.2) is 0 Å². The normalized spacial score (nSPS) is 49.3. The van der Waals surface area contributed by atoms with Gasteiger partial charge < -0.3 is 14.6 Å². The maximum atomic E-state index is 11.2. The zero-order chi connectivity index (χ0) is 13.7. The molecule has 3 heterocycles. The Morgan fingerprint density at radius 1 is 1.21 bits per heavy atom. The first kappa shape index (κ1) is 13.4. The van der Waals surface area contributed by atoms with Crippen LogP contribution in [0.1, 0.15) is 40.0 Å². The van der Waals surface area contributed by atoms with E-state index in [9.17, 15) is 9.90 Å². The summed E-state index contributed by atoms with van der Waals surface area (Å²) >= 11 is 0. The number of fused-ring (bicyclic) bond motifs is 5. The molecule has 0 radical (unpaired) electrons. The number of rotatable bonds is 4. The van der Waals surface area contributed by atoms with Crippen molar-refractivity contribution in [1.82, 2.24) is 0 Å². The number of carboxylic acid groups (broad SMARTS) is 1. The van der Waals surface area contributed by atoms with Crippen molar-refractivity contribution in [2.45, 2.75) is 64.4 Å². The van der Waals surface area contributed by atoms with Gasteiger partial charge in [0.2, 0.25) is 0 Å². The first-order valence-corrected chi connectivity index (χ1v) is 7.62. The molecule has 1 N–H and O–H groups in total. The molecule has 8 atom stereocenters. The molecule has 108 valence electrons. The number of hydrogen-bond acceptors (Lipinski definition) is 3. The van der Waals surface area contributed by atoms with Gasteiger partial charge in [0.1, 0.15) is 0 Å². The van der Waals surface area contributed by atoms with Crippen molar-refractivity contribution in [3.8, 4) is 0 Å². The summed E-state index contributed by atoms with van der Waals surface area (Å²) in [4.78, 5) is 11.2. The van der Waals surface area contributed by atoms with Gasteiger partial charge in [0.15, 0.2) is 0 Å². The van der Waals surface area contributed by atoms with Crippen molar-refractivity contribution >= 4 is 5.97 Å². The maximum absolute atomic E-state index is 11.2. The second-order valence-electron chi connectivity index (χ2n) is 6.35. The average molecular weight is 268 g/mol. The fourth-order valence-corrected chi connectivity index (χ4v) is 4.61. The van der Waals surface area contributed by atoms with Crippen LogP contribution in [0.4, 0.5) is 0 Å². The van der Waals surface area contributed by atoms with E-state index in [4.69, 9.17) is 9.47 Å². The summed E-state index contributed by atoms with van der Waals surface area (Å²) < 4.78 is 12.3. The fraction of sp³-hybridized carbons (Fsp3) is 0.933. The van der Waals surface area contributed by atoms with E-state index < -0.39 is 5.97 Å². The van der Waals surface area contributed by atoms with Crippen molar-refractivity contribution in [2.24, 2.45) is 23.7 Å². The van der Waals surface area contributed by atoms with Crippen LogP contribution in [0.2, 0.25) is 0 Å². The summed E-state index contributed by atoms with van der Waals surface area (Å²) in [7, 11) is 0. The lowest BCUT2D eigenvalue weighted by Crippen LogP contribution is -2.41. The molecule has 3 aliphatic heterocycles. The second-order valence-corrected chi connectivity index (χ2v) is 6.35. The van der Waals surface area contributed by atoms with Gasteiger partial charge in [-0.1, -0.05) is 20.8 Å². The molecule has 0 aromatic heterocycles. The van der Waals surface area contributed by atoms with E-state index in [-0.39, 0.29) is 30.1 Å². The van der Waals surface area contributed by atoms with E-state index in [1.54, 1.807) is 0 Å². The van der Waals surface area contributed by atoms with Crippen molar-refractivity contribution in [3.05, 3.63) is 0 Å². The Balaban J connectivity index is 1.82. The summed E-state index contributed by atoms with van der Waals surface area (Å²) in [5, 5.41) is 9.25. The van der Waals surface area contributed by atoms with Crippen LogP contribution in [0.5, 0.6) is 0 Å². The molecule has 0 spiro atoms. The third-order valence-electron chi connectivity index (χ3n) is 5.56. The molecule has 3 rings (SSSR count). The summed E-state index contributed by atoms with van der Waals surface area (Å²) in [6.45, 7) is 6.14.